The van der Waals surface area contributed by atoms with Crippen LogP contribution in [-0.4, -0.2) is 17.4 Å². The molecule has 5 nitrogen and oxygen atoms in total. The minimum atomic E-state index is -0.0527. The minimum absolute atomic E-state index is 0.0527. The van der Waals surface area contributed by atoms with E-state index in [0.29, 0.717) is 22.7 Å². The number of carbonyl (C=O) groups is 2. The monoisotopic (exact) mass is 430 g/mol. The van der Waals surface area contributed by atoms with Gasteiger partial charge in [-0.3, -0.25) is 9.59 Å². The Morgan fingerprint density at radius 2 is 1.77 bits per heavy atom. The maximum atomic E-state index is 13.5. The predicted octanol–water partition coefficient (Wildman–Crippen LogP) is 5.84. The molecule has 0 unspecified atom stereocenters. The second-order valence-electron chi connectivity index (χ2n) is 6.78. The zero-order chi connectivity index (χ0) is 21.8. The van der Waals surface area contributed by atoms with Crippen molar-refractivity contribution < 1.29 is 24.2 Å². The van der Waals surface area contributed by atoms with Gasteiger partial charge in [0, 0.05) is 21.2 Å². The molecule has 0 bridgehead atoms. The smallest absolute Gasteiger partial charge is 0.298 e. The fraction of sp³-hybridized carbons (Fsp3) is 0.0400. The van der Waals surface area contributed by atoms with E-state index in [2.05, 4.69) is 4.74 Å². The van der Waals surface area contributed by atoms with Crippen LogP contribution in [0, 0.1) is 6.92 Å². The van der Waals surface area contributed by atoms with Crippen molar-refractivity contribution in [2.45, 2.75) is 6.92 Å². The maximum absolute atomic E-state index is 13.5. The molecule has 0 aliphatic heterocycles. The number of hydrogen-bond acceptors (Lipinski definition) is 6. The van der Waals surface area contributed by atoms with Gasteiger partial charge in [0.1, 0.15) is 24.0 Å². The molecular formula is C25H18O5S. The van der Waals surface area contributed by atoms with Gasteiger partial charge < -0.3 is 14.6 Å². The minimum Gasteiger partial charge on any atom is -0.508 e. The van der Waals surface area contributed by atoms with Crippen molar-refractivity contribution >= 4 is 33.7 Å². The summed E-state index contributed by atoms with van der Waals surface area (Å²) in [6, 6.07) is 19.9. The number of rotatable bonds is 7. The molecule has 0 aliphatic rings. The number of benzene rings is 3. The van der Waals surface area contributed by atoms with E-state index in [1.165, 1.54) is 17.6 Å². The van der Waals surface area contributed by atoms with E-state index in [1.807, 2.05) is 49.4 Å². The number of carbonyl (C=O) groups excluding carboxylic acids is 2. The number of ketones is 1. The second-order valence-corrected chi connectivity index (χ2v) is 7.83. The molecule has 1 heterocycles. The van der Waals surface area contributed by atoms with Crippen molar-refractivity contribution in [3.63, 3.8) is 0 Å². The van der Waals surface area contributed by atoms with Crippen molar-refractivity contribution in [1.29, 1.82) is 0 Å². The van der Waals surface area contributed by atoms with Crippen molar-refractivity contribution in [2.75, 3.05) is 0 Å². The zero-order valence-corrected chi connectivity index (χ0v) is 17.4. The van der Waals surface area contributed by atoms with E-state index in [4.69, 9.17) is 4.74 Å². The van der Waals surface area contributed by atoms with Crippen LogP contribution in [0.1, 0.15) is 20.8 Å². The third-order valence-electron chi connectivity index (χ3n) is 4.81. The van der Waals surface area contributed by atoms with Crippen molar-refractivity contribution in [2.24, 2.45) is 0 Å². The van der Waals surface area contributed by atoms with Crippen molar-refractivity contribution in [3.8, 4) is 22.6 Å². The molecular weight excluding hydrogens is 412 g/mol. The van der Waals surface area contributed by atoms with Gasteiger partial charge in [-0.25, -0.2) is 0 Å². The highest BCUT2D eigenvalue weighted by Crippen LogP contribution is 2.41. The van der Waals surface area contributed by atoms with Crippen LogP contribution >= 0.6 is 11.3 Å². The average Bonchev–Trinajstić information content (AvgIpc) is 3.15. The summed E-state index contributed by atoms with van der Waals surface area (Å²) in [4.78, 5) is 24.2. The van der Waals surface area contributed by atoms with Gasteiger partial charge in [0.05, 0.1) is 4.88 Å². The Kier molecular flexibility index (Phi) is 5.82. The van der Waals surface area contributed by atoms with Gasteiger partial charge in [-0.2, -0.15) is 0 Å². The first-order valence-electron chi connectivity index (χ1n) is 9.45. The van der Waals surface area contributed by atoms with E-state index in [1.54, 1.807) is 24.3 Å². The number of hydrogen-bond donors (Lipinski definition) is 1. The number of phenols is 1. The Balaban J connectivity index is 1.79. The Bertz CT molecular complexity index is 1290. The molecule has 0 aliphatic carbocycles. The first-order chi connectivity index (χ1) is 15.1. The molecule has 31 heavy (non-hydrogen) atoms. The highest BCUT2D eigenvalue weighted by molar-refractivity contribution is 7.21. The first kappa shape index (κ1) is 20.4. The number of thiophene rings is 1. The Hall–Kier alpha value is -3.90. The maximum Gasteiger partial charge on any atom is 0.298 e. The lowest BCUT2D eigenvalue weighted by molar-refractivity contribution is -0.123. The summed E-state index contributed by atoms with van der Waals surface area (Å²) in [6.45, 7) is 2.22. The third-order valence-corrected chi connectivity index (χ3v) is 5.96. The summed E-state index contributed by atoms with van der Waals surface area (Å²) < 4.78 is 10.7. The largest absolute Gasteiger partial charge is 0.508 e. The zero-order valence-electron chi connectivity index (χ0n) is 16.6. The van der Waals surface area contributed by atoms with Crippen molar-refractivity contribution in [3.05, 3.63) is 95.3 Å². The standard InChI is InChI=1S/C25H18O5S/c1-16-4-2-3-5-20(16)24(28)25-23(21-11-8-18(27)14-22(21)31-25)17-6-9-19(10-7-17)30-13-12-29-15-26/h2-15,27H,1H3/b13-12+. The topological polar surface area (TPSA) is 72.8 Å². The van der Waals surface area contributed by atoms with Crippen LogP contribution in [0.4, 0.5) is 0 Å². The molecule has 0 saturated heterocycles. The van der Waals surface area contributed by atoms with Crippen LogP contribution in [0.5, 0.6) is 11.5 Å². The molecule has 3 aromatic carbocycles. The van der Waals surface area contributed by atoms with E-state index in [-0.39, 0.29) is 11.5 Å². The number of aryl methyl sites for hydroxylation is 1. The predicted molar refractivity (Wildman–Crippen MR) is 120 cm³/mol. The molecule has 1 aromatic heterocycles. The van der Waals surface area contributed by atoms with Crippen LogP contribution in [0.25, 0.3) is 21.2 Å². The van der Waals surface area contributed by atoms with Crippen molar-refractivity contribution in [1.82, 2.24) is 0 Å². The van der Waals surface area contributed by atoms with Gasteiger partial charge in [-0.1, -0.05) is 36.4 Å². The fourth-order valence-electron chi connectivity index (χ4n) is 3.35. The summed E-state index contributed by atoms with van der Waals surface area (Å²) in [7, 11) is 0. The van der Waals surface area contributed by atoms with Gasteiger partial charge in [0.2, 0.25) is 5.78 Å². The van der Waals surface area contributed by atoms with Crippen LogP contribution < -0.4 is 4.74 Å². The van der Waals surface area contributed by atoms with Gasteiger partial charge >= 0.3 is 0 Å². The van der Waals surface area contributed by atoms with E-state index >= 15 is 0 Å². The normalized spacial score (nSPS) is 11.0. The van der Waals surface area contributed by atoms with Gasteiger partial charge in [-0.05, 0) is 48.4 Å². The van der Waals surface area contributed by atoms with Crippen LogP contribution in [0.3, 0.4) is 0 Å². The van der Waals surface area contributed by atoms with E-state index in [9.17, 15) is 14.7 Å². The molecule has 4 aromatic rings. The summed E-state index contributed by atoms with van der Waals surface area (Å²) in [5.41, 5.74) is 3.24. The number of aromatic hydroxyl groups is 1. The molecule has 0 atom stereocenters. The molecule has 154 valence electrons. The summed E-state index contributed by atoms with van der Waals surface area (Å²) in [5, 5.41) is 10.8. The third kappa shape index (κ3) is 4.20. The van der Waals surface area contributed by atoms with Crippen LogP contribution in [0.2, 0.25) is 0 Å². The Labute approximate surface area is 182 Å². The second kappa shape index (κ2) is 8.85. The van der Waals surface area contributed by atoms with Gasteiger partial charge in [0.15, 0.2) is 0 Å². The molecule has 6 heteroatoms. The van der Waals surface area contributed by atoms with Crippen LogP contribution in [0.15, 0.2) is 79.3 Å². The molecule has 0 spiro atoms. The van der Waals surface area contributed by atoms with E-state index < -0.39 is 0 Å². The average molecular weight is 430 g/mol. The molecule has 4 rings (SSSR count). The molecule has 1 N–H and O–H groups in total. The lowest BCUT2D eigenvalue weighted by Crippen LogP contribution is -2.02. The number of ether oxygens (including phenoxy) is 2. The molecule has 0 saturated carbocycles. The molecule has 0 fully saturated rings. The lowest BCUT2D eigenvalue weighted by atomic mass is 9.96. The molecule has 0 radical (unpaired) electrons. The first-order valence-corrected chi connectivity index (χ1v) is 10.3. The SMILES string of the molecule is Cc1ccccc1C(=O)c1sc2cc(O)ccc2c1-c1ccc(O/C=C/OC=O)cc1. The van der Waals surface area contributed by atoms with Gasteiger partial charge in [-0.15, -0.1) is 11.3 Å². The Morgan fingerprint density at radius 1 is 1.00 bits per heavy atom. The van der Waals surface area contributed by atoms with Crippen LogP contribution in [-0.2, 0) is 9.53 Å². The summed E-state index contributed by atoms with van der Waals surface area (Å²) in [6.07, 6.45) is 2.40. The van der Waals surface area contributed by atoms with Gasteiger partial charge in [0.25, 0.3) is 6.47 Å². The van der Waals surface area contributed by atoms with E-state index in [0.717, 1.165) is 33.0 Å². The summed E-state index contributed by atoms with van der Waals surface area (Å²) in [5.74, 6) is 0.657. The molecule has 0 amide bonds. The number of phenolic OH excluding ortho intramolecular Hbond substituents is 1. The highest BCUT2D eigenvalue weighted by Gasteiger charge is 2.22. The lowest BCUT2D eigenvalue weighted by Gasteiger charge is -2.08. The summed E-state index contributed by atoms with van der Waals surface area (Å²) >= 11 is 1.37. The highest BCUT2D eigenvalue weighted by atomic mass is 32.1. The fourth-order valence-corrected chi connectivity index (χ4v) is 4.56. The number of fused-ring (bicyclic) bond motifs is 1. The Morgan fingerprint density at radius 3 is 2.52 bits per heavy atom. The quantitative estimate of drug-likeness (QED) is 0.227.